The van der Waals surface area contributed by atoms with Crippen molar-refractivity contribution < 1.29 is 0 Å². The number of nitrogens with one attached hydrogen (secondary N) is 1. The normalized spacial score (nSPS) is 14.4. The number of hydrogen-bond acceptors (Lipinski definition) is 2. The van der Waals surface area contributed by atoms with Gasteiger partial charge in [0.15, 0.2) is 5.96 Å². The van der Waals surface area contributed by atoms with Crippen LogP contribution in [0.5, 0.6) is 0 Å². The first-order valence-corrected chi connectivity index (χ1v) is 5.60. The van der Waals surface area contributed by atoms with Crippen LogP contribution in [0, 0.1) is 0 Å². The summed E-state index contributed by atoms with van der Waals surface area (Å²) in [6.45, 7) is 6.12. The SMILES string of the molecule is CC(C)NC(N)=NC(C)c1cccs1. The molecule has 1 heterocycles. The molecule has 0 saturated carbocycles. The molecule has 1 aromatic heterocycles. The summed E-state index contributed by atoms with van der Waals surface area (Å²) in [5, 5.41) is 5.12. The fraction of sp³-hybridized carbons (Fsp3) is 0.500. The van der Waals surface area contributed by atoms with Crippen LogP contribution in [0.2, 0.25) is 0 Å². The first kappa shape index (κ1) is 11.0. The van der Waals surface area contributed by atoms with E-state index < -0.39 is 0 Å². The first-order chi connectivity index (χ1) is 6.59. The molecular weight excluding hydrogens is 194 g/mol. The third-order valence-electron chi connectivity index (χ3n) is 1.72. The third kappa shape index (κ3) is 3.38. The van der Waals surface area contributed by atoms with Crippen molar-refractivity contribution in [3.8, 4) is 0 Å². The Labute approximate surface area is 89.0 Å². The van der Waals surface area contributed by atoms with Crippen molar-refractivity contribution in [3.63, 3.8) is 0 Å². The van der Waals surface area contributed by atoms with E-state index in [0.717, 1.165) is 0 Å². The number of thiophene rings is 1. The van der Waals surface area contributed by atoms with Crippen LogP contribution in [-0.2, 0) is 0 Å². The van der Waals surface area contributed by atoms with Crippen LogP contribution in [0.3, 0.4) is 0 Å². The van der Waals surface area contributed by atoms with Crippen molar-refractivity contribution >= 4 is 17.3 Å². The molecule has 3 N–H and O–H groups in total. The molecule has 1 unspecified atom stereocenters. The number of nitrogens with zero attached hydrogens (tertiary/aromatic N) is 1. The van der Waals surface area contributed by atoms with Crippen LogP contribution in [0.4, 0.5) is 0 Å². The Morgan fingerprint density at radius 2 is 2.21 bits per heavy atom. The molecule has 78 valence electrons. The number of guanidine groups is 1. The van der Waals surface area contributed by atoms with Crippen LogP contribution in [0.15, 0.2) is 22.5 Å². The van der Waals surface area contributed by atoms with Crippen molar-refractivity contribution in [1.82, 2.24) is 5.32 Å². The molecule has 3 nitrogen and oxygen atoms in total. The van der Waals surface area contributed by atoms with Crippen molar-refractivity contribution in [2.24, 2.45) is 10.7 Å². The lowest BCUT2D eigenvalue weighted by Crippen LogP contribution is -2.36. The lowest BCUT2D eigenvalue weighted by Gasteiger charge is -2.10. The van der Waals surface area contributed by atoms with Crippen LogP contribution < -0.4 is 11.1 Å². The summed E-state index contributed by atoms with van der Waals surface area (Å²) in [4.78, 5) is 5.59. The highest BCUT2D eigenvalue weighted by atomic mass is 32.1. The van der Waals surface area contributed by atoms with Gasteiger partial charge in [-0.15, -0.1) is 11.3 Å². The van der Waals surface area contributed by atoms with E-state index in [1.165, 1.54) is 4.88 Å². The van der Waals surface area contributed by atoms with E-state index in [-0.39, 0.29) is 6.04 Å². The molecule has 0 aromatic carbocycles. The molecule has 0 aliphatic rings. The van der Waals surface area contributed by atoms with Gasteiger partial charge in [-0.05, 0) is 32.2 Å². The second-order valence-corrected chi connectivity index (χ2v) is 4.48. The van der Waals surface area contributed by atoms with Gasteiger partial charge in [-0.25, -0.2) is 4.99 Å². The zero-order chi connectivity index (χ0) is 10.6. The highest BCUT2D eigenvalue weighted by Gasteiger charge is 2.05. The van der Waals surface area contributed by atoms with Crippen LogP contribution >= 0.6 is 11.3 Å². The van der Waals surface area contributed by atoms with Gasteiger partial charge in [-0.1, -0.05) is 6.07 Å². The fourth-order valence-electron chi connectivity index (χ4n) is 1.13. The maximum atomic E-state index is 5.73. The molecule has 0 spiro atoms. The summed E-state index contributed by atoms with van der Waals surface area (Å²) in [6.07, 6.45) is 0. The fourth-order valence-corrected chi connectivity index (χ4v) is 1.86. The van der Waals surface area contributed by atoms with Gasteiger partial charge >= 0.3 is 0 Å². The predicted octanol–water partition coefficient (Wildman–Crippen LogP) is 2.12. The Bertz CT molecular complexity index is 290. The van der Waals surface area contributed by atoms with Gasteiger partial charge in [0.1, 0.15) is 0 Å². The minimum Gasteiger partial charge on any atom is -0.370 e. The van der Waals surface area contributed by atoms with Gasteiger partial charge in [-0.3, -0.25) is 0 Å². The van der Waals surface area contributed by atoms with Crippen LogP contribution in [0.25, 0.3) is 0 Å². The standard InChI is InChI=1S/C10H17N3S/c1-7(2)12-10(11)13-8(3)9-5-4-6-14-9/h4-8H,1-3H3,(H3,11,12,13). The van der Waals surface area contributed by atoms with Crippen LogP contribution in [0.1, 0.15) is 31.7 Å². The average Bonchev–Trinajstić information content (AvgIpc) is 2.53. The third-order valence-corrected chi connectivity index (χ3v) is 2.77. The van der Waals surface area contributed by atoms with Gasteiger partial charge in [0.05, 0.1) is 6.04 Å². The molecule has 1 aromatic rings. The Balaban J connectivity index is 2.58. The van der Waals surface area contributed by atoms with Gasteiger partial charge in [0.2, 0.25) is 0 Å². The van der Waals surface area contributed by atoms with E-state index in [2.05, 4.69) is 16.4 Å². The van der Waals surface area contributed by atoms with E-state index in [9.17, 15) is 0 Å². The van der Waals surface area contributed by atoms with Gasteiger partial charge < -0.3 is 11.1 Å². The minimum absolute atomic E-state index is 0.140. The summed E-state index contributed by atoms with van der Waals surface area (Å²) in [6, 6.07) is 4.56. The lowest BCUT2D eigenvalue weighted by molar-refractivity contribution is 0.713. The molecular formula is C10H17N3S. The molecule has 0 aliphatic heterocycles. The molecule has 14 heavy (non-hydrogen) atoms. The summed E-state index contributed by atoms with van der Waals surface area (Å²) < 4.78 is 0. The van der Waals surface area contributed by atoms with E-state index in [1.807, 2.05) is 32.2 Å². The Kier molecular flexibility index (Phi) is 3.95. The summed E-state index contributed by atoms with van der Waals surface area (Å²) in [7, 11) is 0. The van der Waals surface area contributed by atoms with E-state index in [4.69, 9.17) is 5.73 Å². The smallest absolute Gasteiger partial charge is 0.189 e. The van der Waals surface area contributed by atoms with Crippen molar-refractivity contribution in [3.05, 3.63) is 22.4 Å². The maximum Gasteiger partial charge on any atom is 0.189 e. The van der Waals surface area contributed by atoms with E-state index >= 15 is 0 Å². The molecule has 0 saturated heterocycles. The summed E-state index contributed by atoms with van der Waals surface area (Å²) in [5.74, 6) is 0.515. The van der Waals surface area contributed by atoms with Gasteiger partial charge in [-0.2, -0.15) is 0 Å². The van der Waals surface area contributed by atoms with Gasteiger partial charge in [0, 0.05) is 10.9 Å². The molecule has 0 fully saturated rings. The zero-order valence-electron chi connectivity index (χ0n) is 8.82. The highest BCUT2D eigenvalue weighted by Crippen LogP contribution is 2.21. The summed E-state index contributed by atoms with van der Waals surface area (Å²) >= 11 is 1.70. The Morgan fingerprint density at radius 3 is 2.71 bits per heavy atom. The Morgan fingerprint density at radius 1 is 1.50 bits per heavy atom. The minimum atomic E-state index is 0.140. The topological polar surface area (TPSA) is 50.4 Å². The van der Waals surface area contributed by atoms with E-state index in [0.29, 0.717) is 12.0 Å². The second-order valence-electron chi connectivity index (χ2n) is 3.50. The lowest BCUT2D eigenvalue weighted by atomic mass is 10.3. The summed E-state index contributed by atoms with van der Waals surface area (Å²) in [5.41, 5.74) is 5.73. The highest BCUT2D eigenvalue weighted by molar-refractivity contribution is 7.10. The maximum absolute atomic E-state index is 5.73. The molecule has 4 heteroatoms. The van der Waals surface area contributed by atoms with E-state index in [1.54, 1.807) is 11.3 Å². The number of nitrogens with two attached hydrogens (primary N) is 1. The van der Waals surface area contributed by atoms with Crippen molar-refractivity contribution in [2.45, 2.75) is 32.9 Å². The molecule has 0 radical (unpaired) electrons. The largest absolute Gasteiger partial charge is 0.370 e. The first-order valence-electron chi connectivity index (χ1n) is 4.73. The molecule has 0 bridgehead atoms. The van der Waals surface area contributed by atoms with Crippen molar-refractivity contribution in [2.75, 3.05) is 0 Å². The zero-order valence-corrected chi connectivity index (χ0v) is 9.64. The molecule has 1 atom stereocenters. The predicted molar refractivity (Wildman–Crippen MR) is 62.6 cm³/mol. The molecule has 0 aliphatic carbocycles. The quantitative estimate of drug-likeness (QED) is 0.594. The number of rotatable bonds is 3. The van der Waals surface area contributed by atoms with Gasteiger partial charge in [0.25, 0.3) is 0 Å². The Hall–Kier alpha value is -1.03. The van der Waals surface area contributed by atoms with Crippen LogP contribution in [-0.4, -0.2) is 12.0 Å². The number of aliphatic imine (C=N–C) groups is 1. The monoisotopic (exact) mass is 211 g/mol. The second kappa shape index (κ2) is 5.00. The van der Waals surface area contributed by atoms with Crippen molar-refractivity contribution in [1.29, 1.82) is 0 Å². The average molecular weight is 211 g/mol. The molecule has 0 amide bonds. The molecule has 1 rings (SSSR count). The number of hydrogen-bond donors (Lipinski definition) is 2.